The summed E-state index contributed by atoms with van der Waals surface area (Å²) in [4.78, 5) is 0. The van der Waals surface area contributed by atoms with E-state index in [-0.39, 0.29) is 11.5 Å². The van der Waals surface area contributed by atoms with Crippen molar-refractivity contribution < 1.29 is 0 Å². The third-order valence-electron chi connectivity index (χ3n) is 10.2. The predicted molar refractivity (Wildman–Crippen MR) is 220 cm³/mol. The molecule has 2 heteroatoms. The Morgan fingerprint density at radius 2 is 1.37 bits per heavy atom. The van der Waals surface area contributed by atoms with Gasteiger partial charge >= 0.3 is 0 Å². The van der Waals surface area contributed by atoms with Crippen LogP contribution in [0.2, 0.25) is 0 Å². The van der Waals surface area contributed by atoms with Gasteiger partial charge in [-0.1, -0.05) is 160 Å². The number of nitrogens with two attached hydrogens (primary N) is 1. The summed E-state index contributed by atoms with van der Waals surface area (Å²) in [6.07, 6.45) is 14.6. The third-order valence-corrected chi connectivity index (χ3v) is 10.2. The molecule has 5 aromatic rings. The van der Waals surface area contributed by atoms with E-state index in [9.17, 15) is 0 Å². The van der Waals surface area contributed by atoms with Crippen molar-refractivity contribution in [3.63, 3.8) is 0 Å². The van der Waals surface area contributed by atoms with E-state index >= 15 is 0 Å². The quantitative estimate of drug-likeness (QED) is 0.196. The average Bonchev–Trinajstić information content (AvgIpc) is 3.41. The zero-order chi connectivity index (χ0) is 35.8. The fourth-order valence-corrected chi connectivity index (χ4v) is 7.31. The van der Waals surface area contributed by atoms with E-state index in [1.165, 1.54) is 79.6 Å². The van der Waals surface area contributed by atoms with Crippen LogP contribution >= 0.6 is 0 Å². The second-order valence-corrected chi connectivity index (χ2v) is 14.3. The van der Waals surface area contributed by atoms with Crippen molar-refractivity contribution in [2.24, 2.45) is 5.73 Å². The van der Waals surface area contributed by atoms with Crippen LogP contribution in [-0.4, -0.2) is 6.54 Å². The van der Waals surface area contributed by atoms with Gasteiger partial charge in [-0.2, -0.15) is 0 Å². The molecule has 0 amide bonds. The molecule has 0 radical (unpaired) electrons. The van der Waals surface area contributed by atoms with Gasteiger partial charge in [0.05, 0.1) is 0 Å². The Bertz CT molecular complexity index is 2060. The van der Waals surface area contributed by atoms with E-state index in [2.05, 4.69) is 148 Å². The summed E-state index contributed by atoms with van der Waals surface area (Å²) in [6, 6.07) is 43.4. The largest absolute Gasteiger partial charge is 0.387 e. The number of fused-ring (bicyclic) bond motifs is 2. The molecule has 1 heterocycles. The monoisotopic (exact) mass is 668 g/mol. The summed E-state index contributed by atoms with van der Waals surface area (Å²) < 4.78 is 0. The molecule has 1 atom stereocenters. The Morgan fingerprint density at radius 1 is 0.706 bits per heavy atom. The topological polar surface area (TPSA) is 38.0 Å². The van der Waals surface area contributed by atoms with Crippen molar-refractivity contribution in [3.05, 3.63) is 191 Å². The Morgan fingerprint density at radius 3 is 2.02 bits per heavy atom. The molecule has 51 heavy (non-hydrogen) atoms. The second-order valence-electron chi connectivity index (χ2n) is 14.3. The van der Waals surface area contributed by atoms with Crippen molar-refractivity contribution >= 4 is 11.1 Å². The van der Waals surface area contributed by atoms with Gasteiger partial charge in [-0.25, -0.2) is 0 Å². The average molecular weight is 669 g/mol. The standard InChI is InChI=1S/C27H27N.C14H14.C8H11N/c1-18-13-21(15-22(14-18)20-7-6-12-28-17-20)19-10-11-26-24(16-19)23-8-4-5-9-25(23)27(26,2)3;1-2-12-8-10-14(11-9-12)13-6-4-3-5-7-13;1-7(9)8-5-3-2-4-6-8/h4,6-8,10-11,13-17,28H,5,9,12H2,1-3H3;3-11H,2H2,1H3;2-7H,9H2,1H3. The lowest BCUT2D eigenvalue weighted by molar-refractivity contribution is 0.607. The lowest BCUT2D eigenvalue weighted by atomic mass is 9.78. The molecule has 2 aliphatic carbocycles. The minimum atomic E-state index is 0.148. The van der Waals surface area contributed by atoms with Gasteiger partial charge in [0.25, 0.3) is 0 Å². The number of hydrogen-bond acceptors (Lipinski definition) is 2. The summed E-state index contributed by atoms with van der Waals surface area (Å²) in [6.45, 7) is 12.0. The summed E-state index contributed by atoms with van der Waals surface area (Å²) in [5.41, 5.74) is 23.3. The third kappa shape index (κ3) is 8.42. The molecule has 1 aliphatic heterocycles. The Balaban J connectivity index is 0.000000161. The maximum absolute atomic E-state index is 5.61. The highest BCUT2D eigenvalue weighted by molar-refractivity contribution is 5.89. The van der Waals surface area contributed by atoms with Crippen molar-refractivity contribution in [1.82, 2.24) is 5.32 Å². The van der Waals surface area contributed by atoms with Crippen LogP contribution in [-0.2, 0) is 11.8 Å². The fourth-order valence-electron chi connectivity index (χ4n) is 7.31. The van der Waals surface area contributed by atoms with Gasteiger partial charge in [-0.05, 0) is 112 Å². The number of aryl methyl sites for hydroxylation is 2. The summed E-state index contributed by atoms with van der Waals surface area (Å²) in [5.74, 6) is 0. The first-order valence-electron chi connectivity index (χ1n) is 18.5. The van der Waals surface area contributed by atoms with Gasteiger partial charge in [-0.3, -0.25) is 0 Å². The smallest absolute Gasteiger partial charge is 0.0328 e. The number of rotatable bonds is 5. The van der Waals surface area contributed by atoms with E-state index in [4.69, 9.17) is 5.73 Å². The van der Waals surface area contributed by atoms with Gasteiger partial charge < -0.3 is 11.1 Å². The SMILES string of the molecule is CC(N)c1ccccc1.CCc1ccc(-c2ccccc2)cc1.Cc1cc(C2=CNCC=C2)cc(-c2ccc3c(c2)C2=C(CCC=C2)C3(C)C)c1. The normalized spacial score (nSPS) is 15.6. The number of dihydropyridines is 1. The van der Waals surface area contributed by atoms with Gasteiger partial charge in [0.1, 0.15) is 0 Å². The first kappa shape index (κ1) is 35.6. The minimum Gasteiger partial charge on any atom is -0.387 e. The van der Waals surface area contributed by atoms with E-state index in [0.29, 0.717) is 0 Å². The molecule has 5 aromatic carbocycles. The molecule has 0 bridgehead atoms. The Hall–Kier alpha value is -5.18. The zero-order valence-electron chi connectivity index (χ0n) is 30.9. The Kier molecular flexibility index (Phi) is 11.3. The number of hydrogen-bond donors (Lipinski definition) is 2. The molecular formula is C49H52N2. The summed E-state index contributed by atoms with van der Waals surface area (Å²) in [7, 11) is 0. The van der Waals surface area contributed by atoms with Crippen LogP contribution in [0.4, 0.5) is 0 Å². The Labute approximate surface area is 306 Å². The highest BCUT2D eigenvalue weighted by atomic mass is 14.8. The maximum atomic E-state index is 5.61. The van der Waals surface area contributed by atoms with Crippen molar-refractivity contribution in [1.29, 1.82) is 0 Å². The maximum Gasteiger partial charge on any atom is 0.0328 e. The molecule has 0 spiro atoms. The number of benzene rings is 5. The molecule has 258 valence electrons. The van der Waals surface area contributed by atoms with Crippen LogP contribution in [0.1, 0.15) is 80.0 Å². The van der Waals surface area contributed by atoms with E-state index < -0.39 is 0 Å². The number of nitrogens with one attached hydrogen (secondary N) is 1. The second kappa shape index (κ2) is 16.2. The van der Waals surface area contributed by atoms with Gasteiger partial charge in [0, 0.05) is 24.2 Å². The molecule has 3 N–H and O–H groups in total. The molecular weight excluding hydrogens is 617 g/mol. The van der Waals surface area contributed by atoms with Crippen molar-refractivity contribution in [2.75, 3.05) is 6.54 Å². The van der Waals surface area contributed by atoms with Crippen molar-refractivity contribution in [2.45, 2.75) is 65.3 Å². The molecule has 0 fully saturated rings. The van der Waals surface area contributed by atoms with E-state index in [0.717, 1.165) is 13.0 Å². The summed E-state index contributed by atoms with van der Waals surface area (Å²) in [5, 5.41) is 3.32. The molecule has 0 aromatic heterocycles. The number of allylic oxidation sites excluding steroid dienone is 6. The lowest BCUT2D eigenvalue weighted by Gasteiger charge is -2.25. The van der Waals surface area contributed by atoms with Crippen LogP contribution in [0.3, 0.4) is 0 Å². The molecule has 8 rings (SSSR count). The minimum absolute atomic E-state index is 0.148. The van der Waals surface area contributed by atoms with Crippen LogP contribution in [0.15, 0.2) is 157 Å². The van der Waals surface area contributed by atoms with Crippen LogP contribution in [0.5, 0.6) is 0 Å². The predicted octanol–water partition coefficient (Wildman–Crippen LogP) is 12.2. The lowest BCUT2D eigenvalue weighted by Crippen LogP contribution is -2.17. The first-order valence-corrected chi connectivity index (χ1v) is 18.5. The molecule has 0 saturated heterocycles. The van der Waals surface area contributed by atoms with Gasteiger partial charge in [0.15, 0.2) is 0 Å². The summed E-state index contributed by atoms with van der Waals surface area (Å²) >= 11 is 0. The highest BCUT2D eigenvalue weighted by Crippen LogP contribution is 2.50. The highest BCUT2D eigenvalue weighted by Gasteiger charge is 2.37. The van der Waals surface area contributed by atoms with E-state index in [1.807, 2.05) is 43.3 Å². The van der Waals surface area contributed by atoms with Crippen molar-refractivity contribution in [3.8, 4) is 22.3 Å². The van der Waals surface area contributed by atoms with Crippen LogP contribution in [0.25, 0.3) is 33.4 Å². The van der Waals surface area contributed by atoms with Gasteiger partial charge in [0.2, 0.25) is 0 Å². The molecule has 3 aliphatic rings. The van der Waals surface area contributed by atoms with Gasteiger partial charge in [-0.15, -0.1) is 0 Å². The fraction of sp³-hybridized carbons (Fsp3) is 0.224. The molecule has 1 unspecified atom stereocenters. The first-order chi connectivity index (χ1) is 24.7. The van der Waals surface area contributed by atoms with Crippen LogP contribution in [0, 0.1) is 6.92 Å². The molecule has 2 nitrogen and oxygen atoms in total. The van der Waals surface area contributed by atoms with Crippen LogP contribution < -0.4 is 11.1 Å². The van der Waals surface area contributed by atoms with E-state index in [1.54, 1.807) is 5.57 Å². The zero-order valence-corrected chi connectivity index (χ0v) is 30.9. The molecule has 0 saturated carbocycles.